The van der Waals surface area contributed by atoms with Gasteiger partial charge in [-0.1, -0.05) is 12.8 Å². The number of carbonyl (C=O) groups excluding carboxylic acids is 1. The summed E-state index contributed by atoms with van der Waals surface area (Å²) in [5.41, 5.74) is 0. The van der Waals surface area contributed by atoms with Gasteiger partial charge in [0, 0.05) is 5.92 Å². The van der Waals surface area contributed by atoms with Gasteiger partial charge in [-0.2, -0.15) is 0 Å². The lowest BCUT2D eigenvalue weighted by molar-refractivity contribution is -0.137. The Morgan fingerprint density at radius 1 is 1.38 bits per heavy atom. The van der Waals surface area contributed by atoms with Crippen LogP contribution in [-0.4, -0.2) is 23.2 Å². The third kappa shape index (κ3) is 1.46. The van der Waals surface area contributed by atoms with Gasteiger partial charge in [0.25, 0.3) is 0 Å². The first kappa shape index (κ1) is 9.00. The van der Waals surface area contributed by atoms with Crippen molar-refractivity contribution < 1.29 is 9.90 Å². The van der Waals surface area contributed by atoms with Gasteiger partial charge in [0.05, 0.1) is 12.1 Å². The maximum atomic E-state index is 11.6. The van der Waals surface area contributed by atoms with Crippen LogP contribution in [0.25, 0.3) is 0 Å². The second-order valence-electron chi connectivity index (χ2n) is 4.34. The molecule has 0 aromatic heterocycles. The molecule has 1 aliphatic heterocycles. The molecule has 3 heteroatoms. The van der Waals surface area contributed by atoms with Crippen LogP contribution in [0.15, 0.2) is 0 Å². The van der Waals surface area contributed by atoms with Crippen LogP contribution < -0.4 is 5.32 Å². The summed E-state index contributed by atoms with van der Waals surface area (Å²) < 4.78 is 0. The minimum absolute atomic E-state index is 0.0631. The molecule has 2 aliphatic rings. The Kier molecular flexibility index (Phi) is 2.28. The Balaban J connectivity index is 2.15. The first-order valence-electron chi connectivity index (χ1n) is 5.18. The number of carbonyl (C=O) groups is 1. The molecule has 4 atom stereocenters. The van der Waals surface area contributed by atoms with Gasteiger partial charge in [-0.25, -0.2) is 0 Å². The maximum absolute atomic E-state index is 11.6. The molecular weight excluding hydrogens is 166 g/mol. The van der Waals surface area contributed by atoms with E-state index in [9.17, 15) is 9.90 Å². The smallest absolute Gasteiger partial charge is 0.223 e. The molecule has 1 heterocycles. The number of rotatable bonds is 0. The largest absolute Gasteiger partial charge is 0.391 e. The highest BCUT2D eigenvalue weighted by atomic mass is 16.3. The fourth-order valence-corrected chi connectivity index (χ4v) is 2.68. The minimum Gasteiger partial charge on any atom is -0.391 e. The number of hydrogen-bond acceptors (Lipinski definition) is 2. The molecule has 0 aromatic carbocycles. The van der Waals surface area contributed by atoms with Crippen LogP contribution in [0.1, 0.15) is 32.6 Å². The molecule has 2 rings (SSSR count). The normalized spacial score (nSPS) is 45.2. The third-order valence-electron chi connectivity index (χ3n) is 3.48. The van der Waals surface area contributed by atoms with E-state index in [4.69, 9.17) is 0 Å². The average molecular weight is 183 g/mol. The van der Waals surface area contributed by atoms with E-state index in [2.05, 4.69) is 5.32 Å². The van der Waals surface area contributed by atoms with E-state index in [-0.39, 0.29) is 29.9 Å². The van der Waals surface area contributed by atoms with Crippen molar-refractivity contribution in [3.63, 3.8) is 0 Å². The standard InChI is InChI=1S/C10H17NO2/c1-6-9(12)7-4-2-3-5-8(7)10(13)11-6/h6-9,12H,2-5H2,1H3,(H,11,13). The van der Waals surface area contributed by atoms with E-state index in [0.29, 0.717) is 0 Å². The lowest BCUT2D eigenvalue weighted by Gasteiger charge is -2.41. The molecule has 1 aliphatic carbocycles. The second kappa shape index (κ2) is 3.29. The van der Waals surface area contributed by atoms with Crippen molar-refractivity contribution in [2.24, 2.45) is 11.8 Å². The molecule has 1 saturated heterocycles. The summed E-state index contributed by atoms with van der Waals surface area (Å²) in [5.74, 6) is 0.458. The first-order chi connectivity index (χ1) is 6.20. The lowest BCUT2D eigenvalue weighted by Crippen LogP contribution is -2.56. The van der Waals surface area contributed by atoms with Crippen molar-refractivity contribution in [1.29, 1.82) is 0 Å². The zero-order valence-electron chi connectivity index (χ0n) is 7.99. The summed E-state index contributed by atoms with van der Waals surface area (Å²) in [5, 5.41) is 12.7. The van der Waals surface area contributed by atoms with Gasteiger partial charge >= 0.3 is 0 Å². The highest BCUT2D eigenvalue weighted by Gasteiger charge is 2.42. The number of aliphatic hydroxyl groups excluding tert-OH is 1. The van der Waals surface area contributed by atoms with Crippen LogP contribution in [0, 0.1) is 11.8 Å². The molecule has 2 N–H and O–H groups in total. The number of amides is 1. The molecule has 0 aromatic rings. The molecule has 3 nitrogen and oxygen atoms in total. The van der Waals surface area contributed by atoms with E-state index in [0.717, 1.165) is 25.7 Å². The minimum atomic E-state index is -0.331. The van der Waals surface area contributed by atoms with E-state index in [1.165, 1.54) is 0 Å². The molecule has 1 saturated carbocycles. The number of fused-ring (bicyclic) bond motifs is 1. The van der Waals surface area contributed by atoms with Crippen LogP contribution in [-0.2, 0) is 4.79 Å². The fourth-order valence-electron chi connectivity index (χ4n) is 2.68. The van der Waals surface area contributed by atoms with Gasteiger partial charge in [-0.3, -0.25) is 4.79 Å². The van der Waals surface area contributed by atoms with Crippen LogP contribution in [0.4, 0.5) is 0 Å². The van der Waals surface area contributed by atoms with Gasteiger partial charge in [-0.15, -0.1) is 0 Å². The molecular formula is C10H17NO2. The molecule has 0 bridgehead atoms. The summed E-state index contributed by atoms with van der Waals surface area (Å²) in [6, 6.07) is -0.0631. The Morgan fingerprint density at radius 3 is 2.85 bits per heavy atom. The highest BCUT2D eigenvalue weighted by Crippen LogP contribution is 2.36. The molecule has 0 spiro atoms. The number of aliphatic hydroxyl groups is 1. The molecule has 2 fully saturated rings. The van der Waals surface area contributed by atoms with Gasteiger partial charge in [0.2, 0.25) is 5.91 Å². The predicted molar refractivity (Wildman–Crippen MR) is 49.1 cm³/mol. The van der Waals surface area contributed by atoms with Crippen LogP contribution in [0.5, 0.6) is 0 Å². The summed E-state index contributed by atoms with van der Waals surface area (Å²) >= 11 is 0. The van der Waals surface area contributed by atoms with E-state index < -0.39 is 0 Å². The number of nitrogens with one attached hydrogen (secondary N) is 1. The zero-order valence-corrected chi connectivity index (χ0v) is 7.99. The first-order valence-corrected chi connectivity index (χ1v) is 5.18. The lowest BCUT2D eigenvalue weighted by atomic mass is 9.72. The number of piperidine rings is 1. The van der Waals surface area contributed by atoms with Crippen LogP contribution in [0.2, 0.25) is 0 Å². The summed E-state index contributed by atoms with van der Waals surface area (Å²) in [4.78, 5) is 11.6. The summed E-state index contributed by atoms with van der Waals surface area (Å²) in [7, 11) is 0. The van der Waals surface area contributed by atoms with E-state index >= 15 is 0 Å². The molecule has 0 radical (unpaired) electrons. The van der Waals surface area contributed by atoms with Crippen molar-refractivity contribution in [2.75, 3.05) is 0 Å². The quantitative estimate of drug-likeness (QED) is 0.580. The Bertz CT molecular complexity index is 217. The second-order valence-corrected chi connectivity index (χ2v) is 4.34. The zero-order chi connectivity index (χ0) is 9.42. The Labute approximate surface area is 78.5 Å². The highest BCUT2D eigenvalue weighted by molar-refractivity contribution is 5.80. The van der Waals surface area contributed by atoms with Crippen molar-refractivity contribution >= 4 is 5.91 Å². The number of hydrogen-bond donors (Lipinski definition) is 2. The monoisotopic (exact) mass is 183 g/mol. The molecule has 1 amide bonds. The van der Waals surface area contributed by atoms with Crippen molar-refractivity contribution in [2.45, 2.75) is 44.8 Å². The van der Waals surface area contributed by atoms with Gasteiger partial charge in [-0.05, 0) is 25.7 Å². The van der Waals surface area contributed by atoms with Crippen molar-refractivity contribution in [3.05, 3.63) is 0 Å². The predicted octanol–water partition coefficient (Wildman–Crippen LogP) is 0.672. The SMILES string of the molecule is CC1NC(=O)C2CCCCC2C1O. The molecule has 13 heavy (non-hydrogen) atoms. The van der Waals surface area contributed by atoms with Crippen molar-refractivity contribution in [1.82, 2.24) is 5.32 Å². The fraction of sp³-hybridized carbons (Fsp3) is 0.900. The average Bonchev–Trinajstić information content (AvgIpc) is 2.15. The third-order valence-corrected chi connectivity index (χ3v) is 3.48. The van der Waals surface area contributed by atoms with E-state index in [1.807, 2.05) is 6.92 Å². The Morgan fingerprint density at radius 2 is 2.08 bits per heavy atom. The van der Waals surface area contributed by atoms with E-state index in [1.54, 1.807) is 0 Å². The topological polar surface area (TPSA) is 49.3 Å². The summed E-state index contributed by atoms with van der Waals surface area (Å²) in [6.45, 7) is 1.88. The van der Waals surface area contributed by atoms with Gasteiger partial charge in [0.1, 0.15) is 0 Å². The van der Waals surface area contributed by atoms with Crippen LogP contribution in [0.3, 0.4) is 0 Å². The van der Waals surface area contributed by atoms with Gasteiger partial charge < -0.3 is 10.4 Å². The van der Waals surface area contributed by atoms with Gasteiger partial charge in [0.15, 0.2) is 0 Å². The molecule has 4 unspecified atom stereocenters. The summed E-state index contributed by atoms with van der Waals surface area (Å²) in [6.07, 6.45) is 3.95. The maximum Gasteiger partial charge on any atom is 0.223 e. The van der Waals surface area contributed by atoms with Crippen LogP contribution >= 0.6 is 0 Å². The van der Waals surface area contributed by atoms with Crippen molar-refractivity contribution in [3.8, 4) is 0 Å². The molecule has 74 valence electrons. The Hall–Kier alpha value is -0.570.